The zero-order valence-electron chi connectivity index (χ0n) is 20.5. The maximum atomic E-state index is 12.0. The van der Waals surface area contributed by atoms with Gasteiger partial charge in [-0.15, -0.1) is 10.7 Å². The fraction of sp³-hybridized carbons (Fsp3) is 0.321. The van der Waals surface area contributed by atoms with Gasteiger partial charge >= 0.3 is 5.97 Å². The van der Waals surface area contributed by atoms with E-state index in [-0.39, 0.29) is 23.1 Å². The highest BCUT2D eigenvalue weighted by Crippen LogP contribution is 2.53. The predicted molar refractivity (Wildman–Crippen MR) is 142 cm³/mol. The Morgan fingerprint density at radius 2 is 1.73 bits per heavy atom. The summed E-state index contributed by atoms with van der Waals surface area (Å²) < 4.78 is 2.46. The van der Waals surface area contributed by atoms with E-state index in [1.165, 1.54) is 11.1 Å². The first kappa shape index (κ1) is 23.2. The van der Waals surface area contributed by atoms with Crippen LogP contribution in [-0.2, 0) is 11.2 Å². The molecule has 0 radical (unpaired) electrons. The van der Waals surface area contributed by atoms with Crippen LogP contribution < -0.4 is 4.31 Å². The average molecular weight is 461 g/mol. The van der Waals surface area contributed by atoms with Gasteiger partial charge in [0.15, 0.2) is 0 Å². The molecule has 0 saturated carbocycles. The number of aromatic nitrogens is 1. The fourth-order valence-electron chi connectivity index (χ4n) is 5.03. The maximum absolute atomic E-state index is 12.0. The predicted octanol–water partition coefficient (Wildman–Crippen LogP) is 6.79. The number of anilines is 1. The van der Waals surface area contributed by atoms with Crippen LogP contribution in [0.2, 0.25) is 0 Å². The zero-order valence-corrected chi connectivity index (χ0v) is 21.3. The first-order valence-corrected chi connectivity index (χ1v) is 13.0. The summed E-state index contributed by atoms with van der Waals surface area (Å²) in [5.41, 5.74) is 11.8. The van der Waals surface area contributed by atoms with Gasteiger partial charge in [0.1, 0.15) is 0 Å². The lowest BCUT2D eigenvalue weighted by atomic mass is 9.81. The molecule has 0 fully saturated rings. The molecule has 0 amide bonds. The highest BCUT2D eigenvalue weighted by atomic mass is 32.2. The molecule has 33 heavy (non-hydrogen) atoms. The van der Waals surface area contributed by atoms with Crippen LogP contribution >= 0.6 is 10.7 Å². The monoisotopic (exact) mass is 460 g/mol. The number of carboxylic acid groups (broad SMARTS) is 1. The largest absolute Gasteiger partial charge is 0.481 e. The molecule has 4 nitrogen and oxygen atoms in total. The standard InChI is InChI=1S/C28H32N2O2S/c1-8-33(7)30-20(6)22-14-11-17(3)29-27(22)26-19(5)25(21-12-9-16(2)10-13-21)23(15-24(31)32)18(4)28(26)30/h8-14,20H,15H2,1-7H3,(H,31,32)/t20-,33?/m0/s1. The van der Waals surface area contributed by atoms with Crippen LogP contribution in [0.25, 0.3) is 22.4 Å². The van der Waals surface area contributed by atoms with E-state index in [0.29, 0.717) is 0 Å². The first-order valence-electron chi connectivity index (χ1n) is 11.3. The second-order valence-corrected chi connectivity index (χ2v) is 10.8. The van der Waals surface area contributed by atoms with Crippen LogP contribution in [0.15, 0.2) is 36.4 Å². The van der Waals surface area contributed by atoms with E-state index in [2.05, 4.69) is 86.9 Å². The molecule has 1 aliphatic rings. The molecule has 0 bridgehead atoms. The van der Waals surface area contributed by atoms with E-state index in [1.807, 2.05) is 6.92 Å². The van der Waals surface area contributed by atoms with Crippen molar-refractivity contribution >= 4 is 27.7 Å². The Morgan fingerprint density at radius 3 is 2.33 bits per heavy atom. The summed E-state index contributed by atoms with van der Waals surface area (Å²) in [5.74, 6) is -0.812. The Bertz CT molecular complexity index is 1290. The molecule has 172 valence electrons. The van der Waals surface area contributed by atoms with E-state index in [0.717, 1.165) is 50.5 Å². The number of benzene rings is 2. The first-order chi connectivity index (χ1) is 15.6. The van der Waals surface area contributed by atoms with Crippen molar-refractivity contribution in [2.45, 2.75) is 54.0 Å². The van der Waals surface area contributed by atoms with Gasteiger partial charge in [0, 0.05) is 16.8 Å². The lowest BCUT2D eigenvalue weighted by molar-refractivity contribution is -0.136. The number of hydrogen-bond donors (Lipinski definition) is 1. The Hall–Kier alpha value is -2.92. The quantitative estimate of drug-likeness (QED) is 0.435. The minimum Gasteiger partial charge on any atom is -0.481 e. The van der Waals surface area contributed by atoms with Crippen molar-refractivity contribution in [2.24, 2.45) is 0 Å². The van der Waals surface area contributed by atoms with Gasteiger partial charge in [0.05, 0.1) is 23.8 Å². The summed E-state index contributed by atoms with van der Waals surface area (Å²) in [4.78, 5) is 17.0. The summed E-state index contributed by atoms with van der Waals surface area (Å²) >= 11 is 0. The third-order valence-electron chi connectivity index (χ3n) is 6.74. The van der Waals surface area contributed by atoms with Crippen molar-refractivity contribution < 1.29 is 9.90 Å². The molecule has 5 heteroatoms. The van der Waals surface area contributed by atoms with Gasteiger partial charge in [-0.1, -0.05) is 35.9 Å². The maximum Gasteiger partial charge on any atom is 0.307 e. The van der Waals surface area contributed by atoms with Crippen molar-refractivity contribution in [3.8, 4) is 22.4 Å². The van der Waals surface area contributed by atoms with Crippen LogP contribution in [0, 0.1) is 27.7 Å². The van der Waals surface area contributed by atoms with E-state index < -0.39 is 5.97 Å². The van der Waals surface area contributed by atoms with Crippen molar-refractivity contribution in [2.75, 3.05) is 10.6 Å². The third-order valence-corrected chi connectivity index (χ3v) is 8.54. The molecule has 2 heterocycles. The molecular formula is C28H32N2O2S. The zero-order chi connectivity index (χ0) is 24.0. The third kappa shape index (κ3) is 3.89. The van der Waals surface area contributed by atoms with Crippen LogP contribution in [0.1, 0.15) is 53.4 Å². The van der Waals surface area contributed by atoms with E-state index >= 15 is 0 Å². The van der Waals surface area contributed by atoms with Crippen LogP contribution in [0.3, 0.4) is 0 Å². The molecule has 0 saturated heterocycles. The number of nitrogens with zero attached hydrogens (tertiary/aromatic N) is 2. The molecule has 1 aliphatic heterocycles. The molecule has 3 aromatic rings. The normalized spacial score (nSPS) is 15.8. The lowest BCUT2D eigenvalue weighted by Gasteiger charge is -2.41. The Kier molecular flexibility index (Phi) is 6.19. The van der Waals surface area contributed by atoms with Gasteiger partial charge in [-0.05, 0) is 87.0 Å². The number of fused-ring (bicyclic) bond motifs is 3. The molecule has 0 aliphatic carbocycles. The van der Waals surface area contributed by atoms with Gasteiger partial charge < -0.3 is 9.41 Å². The number of aryl methyl sites for hydroxylation is 2. The SMILES string of the molecule is C/C=S(/C)N1c2c(C)c(CC(=O)O)c(-c3ccc(C)cc3)c(C)c2-c2nc(C)ccc2[C@@H]1C. The van der Waals surface area contributed by atoms with Crippen molar-refractivity contribution in [3.63, 3.8) is 0 Å². The Labute approximate surface area is 199 Å². The van der Waals surface area contributed by atoms with E-state index in [9.17, 15) is 9.90 Å². The summed E-state index contributed by atoms with van der Waals surface area (Å²) in [5, 5.41) is 12.1. The van der Waals surface area contributed by atoms with Gasteiger partial charge in [-0.25, -0.2) is 0 Å². The van der Waals surface area contributed by atoms with Crippen LogP contribution in [-0.4, -0.2) is 27.7 Å². The van der Waals surface area contributed by atoms with E-state index in [1.54, 1.807) is 0 Å². The molecule has 1 unspecified atom stereocenters. The second kappa shape index (κ2) is 8.79. The molecule has 2 atom stereocenters. The Balaban J connectivity index is 2.18. The molecule has 1 aromatic heterocycles. The van der Waals surface area contributed by atoms with Crippen molar-refractivity contribution in [1.82, 2.24) is 4.98 Å². The smallest absolute Gasteiger partial charge is 0.307 e. The highest BCUT2D eigenvalue weighted by Gasteiger charge is 2.35. The highest BCUT2D eigenvalue weighted by molar-refractivity contribution is 8.15. The molecule has 0 spiro atoms. The van der Waals surface area contributed by atoms with Gasteiger partial charge in [-0.2, -0.15) is 0 Å². The summed E-state index contributed by atoms with van der Waals surface area (Å²) in [7, 11) is -0.128. The molecule has 1 N–H and O–H groups in total. The number of rotatable bonds is 4. The van der Waals surface area contributed by atoms with E-state index in [4.69, 9.17) is 4.98 Å². The number of carboxylic acids is 1. The Morgan fingerprint density at radius 1 is 1.06 bits per heavy atom. The molecule has 2 aromatic carbocycles. The summed E-state index contributed by atoms with van der Waals surface area (Å²) in [6.07, 6.45) is 2.22. The number of carbonyl (C=O) groups is 1. The number of pyridine rings is 1. The summed E-state index contributed by atoms with van der Waals surface area (Å²) in [6.45, 7) is 12.6. The summed E-state index contributed by atoms with van der Waals surface area (Å²) in [6, 6.07) is 12.8. The minimum atomic E-state index is -0.812. The minimum absolute atomic E-state index is 0.00712. The van der Waals surface area contributed by atoms with Gasteiger partial charge in [0.25, 0.3) is 0 Å². The van der Waals surface area contributed by atoms with Gasteiger partial charge in [-0.3, -0.25) is 9.78 Å². The second-order valence-electron chi connectivity index (χ2n) is 8.92. The topological polar surface area (TPSA) is 53.4 Å². The molecular weight excluding hydrogens is 428 g/mol. The molecule has 4 rings (SSSR count). The van der Waals surface area contributed by atoms with Crippen molar-refractivity contribution in [1.29, 1.82) is 0 Å². The fourth-order valence-corrected chi connectivity index (χ4v) is 6.38. The number of hydrogen-bond acceptors (Lipinski definition) is 3. The van der Waals surface area contributed by atoms with Gasteiger partial charge in [0.2, 0.25) is 0 Å². The van der Waals surface area contributed by atoms with Crippen molar-refractivity contribution in [3.05, 3.63) is 69.9 Å². The lowest BCUT2D eigenvalue weighted by Crippen LogP contribution is -2.28. The van der Waals surface area contributed by atoms with Crippen LogP contribution in [0.5, 0.6) is 0 Å². The van der Waals surface area contributed by atoms with Crippen LogP contribution in [0.4, 0.5) is 5.69 Å². The number of aliphatic carboxylic acids is 1. The average Bonchev–Trinajstić information content (AvgIpc) is 2.77.